The van der Waals surface area contributed by atoms with Crippen molar-refractivity contribution in [3.8, 4) is 5.75 Å². The van der Waals surface area contributed by atoms with E-state index in [0.29, 0.717) is 6.61 Å². The van der Waals surface area contributed by atoms with Crippen molar-refractivity contribution in [1.82, 2.24) is 0 Å². The second-order valence-electron chi connectivity index (χ2n) is 7.81. The number of halogens is 2. The summed E-state index contributed by atoms with van der Waals surface area (Å²) >= 11 is -0.388. The topological polar surface area (TPSA) is 12.5 Å². The van der Waals surface area contributed by atoms with Crippen molar-refractivity contribution < 1.29 is 9.13 Å². The van der Waals surface area contributed by atoms with Crippen molar-refractivity contribution in [3.05, 3.63) is 87.7 Å². The molecule has 4 heteroatoms. The van der Waals surface area contributed by atoms with Gasteiger partial charge in [-0.05, 0) is 42.0 Å². The fraction of sp³-hybridized carbons (Fsp3) is 0.208. The minimum Gasteiger partial charge on any atom is -0.488 e. The highest BCUT2D eigenvalue weighted by Crippen LogP contribution is 2.48. The molecular formula is C24H23FINO. The Bertz CT molecular complexity index is 1010. The molecule has 144 valence electrons. The molecule has 0 radical (unpaired) electrons. The normalized spacial score (nSPS) is 13.6. The fourth-order valence-electron chi connectivity index (χ4n) is 3.17. The largest absolute Gasteiger partial charge is 0.488 e. The van der Waals surface area contributed by atoms with Crippen LogP contribution in [0.3, 0.4) is 0 Å². The van der Waals surface area contributed by atoms with Crippen LogP contribution >= 0.6 is 20.7 Å². The van der Waals surface area contributed by atoms with Crippen LogP contribution in [0.1, 0.15) is 26.3 Å². The first-order valence-electron chi connectivity index (χ1n) is 9.31. The molecule has 1 aliphatic heterocycles. The van der Waals surface area contributed by atoms with Crippen LogP contribution in [-0.2, 0) is 6.61 Å². The molecule has 3 aromatic carbocycles. The molecular weight excluding hydrogens is 464 g/mol. The van der Waals surface area contributed by atoms with Crippen LogP contribution in [0, 0.1) is 14.8 Å². The van der Waals surface area contributed by atoms with Crippen LogP contribution in [0.4, 0.5) is 15.8 Å². The van der Waals surface area contributed by atoms with E-state index >= 15 is 0 Å². The smallest absolute Gasteiger partial charge is 0.134 e. The van der Waals surface area contributed by atoms with Gasteiger partial charge in [0.1, 0.15) is 18.2 Å². The van der Waals surface area contributed by atoms with E-state index < -0.39 is 0 Å². The second-order valence-corrected chi connectivity index (χ2v) is 10.5. The summed E-state index contributed by atoms with van der Waals surface area (Å²) in [6, 6.07) is 23.3. The highest BCUT2D eigenvalue weighted by atomic mass is 127. The van der Waals surface area contributed by atoms with Gasteiger partial charge in [0.25, 0.3) is 0 Å². The minimum atomic E-state index is -0.388. The third-order valence-electron chi connectivity index (χ3n) is 4.50. The standard InChI is InChI=1S/C24H23FINO/c1-24(2,3)23-26-22-20(27(23)19-14-12-18(25)13-15-19)10-7-11-21(22)28-16-17-8-5-4-6-9-17/h4-15H,16H2,1-3H3. The highest BCUT2D eigenvalue weighted by Gasteiger charge is 2.33. The van der Waals surface area contributed by atoms with Crippen molar-refractivity contribution in [2.45, 2.75) is 27.4 Å². The number of ether oxygens (including phenoxy) is 1. The molecule has 0 aliphatic carbocycles. The number of benzene rings is 3. The molecule has 0 atom stereocenters. The van der Waals surface area contributed by atoms with E-state index in [9.17, 15) is 4.39 Å². The lowest BCUT2D eigenvalue weighted by atomic mass is 9.95. The monoisotopic (exact) mass is 487 g/mol. The number of rotatable bonds is 4. The number of hydrogen-bond donors (Lipinski definition) is 0. The Kier molecular flexibility index (Phi) is 5.23. The van der Waals surface area contributed by atoms with Crippen LogP contribution < -0.4 is 9.64 Å². The molecule has 0 fully saturated rings. The van der Waals surface area contributed by atoms with E-state index in [0.717, 1.165) is 22.7 Å². The summed E-state index contributed by atoms with van der Waals surface area (Å²) < 4.78 is 22.4. The molecule has 1 aliphatic rings. The Labute approximate surface area is 175 Å². The maximum Gasteiger partial charge on any atom is 0.134 e. The predicted octanol–water partition coefficient (Wildman–Crippen LogP) is 6.87. The predicted molar refractivity (Wildman–Crippen MR) is 123 cm³/mol. The SMILES string of the molecule is CC(C)(C)C1=Ic2c(OCc3ccccc3)cccc2N1c1ccc(F)cc1. The summed E-state index contributed by atoms with van der Waals surface area (Å²) in [6.45, 7) is 7.29. The second kappa shape index (κ2) is 7.66. The molecule has 0 N–H and O–H groups in total. The highest BCUT2D eigenvalue weighted by molar-refractivity contribution is 14.2. The lowest BCUT2D eigenvalue weighted by Gasteiger charge is -2.31. The third kappa shape index (κ3) is 3.83. The lowest BCUT2D eigenvalue weighted by Crippen LogP contribution is -2.33. The van der Waals surface area contributed by atoms with Crippen molar-refractivity contribution >= 4 is 35.7 Å². The molecule has 0 aromatic heterocycles. The van der Waals surface area contributed by atoms with Gasteiger partial charge in [-0.2, -0.15) is 0 Å². The summed E-state index contributed by atoms with van der Waals surface area (Å²) in [5.41, 5.74) is 3.35. The summed E-state index contributed by atoms with van der Waals surface area (Å²) in [7, 11) is 0. The first-order chi connectivity index (χ1) is 13.4. The molecule has 1 heterocycles. The van der Waals surface area contributed by atoms with E-state index in [-0.39, 0.29) is 32.0 Å². The summed E-state index contributed by atoms with van der Waals surface area (Å²) in [4.78, 5) is 2.30. The Morgan fingerprint density at radius 2 is 1.61 bits per heavy atom. The molecule has 2 nitrogen and oxygen atoms in total. The number of anilines is 2. The van der Waals surface area contributed by atoms with Gasteiger partial charge >= 0.3 is 0 Å². The van der Waals surface area contributed by atoms with E-state index in [4.69, 9.17) is 4.74 Å². The van der Waals surface area contributed by atoms with Gasteiger partial charge in [0.15, 0.2) is 0 Å². The summed E-state index contributed by atoms with van der Waals surface area (Å²) in [5, 5.41) is 0. The van der Waals surface area contributed by atoms with Gasteiger partial charge in [0.2, 0.25) is 0 Å². The van der Waals surface area contributed by atoms with E-state index in [1.807, 2.05) is 36.4 Å². The zero-order valence-electron chi connectivity index (χ0n) is 16.2. The van der Waals surface area contributed by atoms with Crippen LogP contribution in [0.5, 0.6) is 5.75 Å². The Morgan fingerprint density at radius 3 is 2.29 bits per heavy atom. The van der Waals surface area contributed by atoms with Crippen LogP contribution in [0.25, 0.3) is 0 Å². The molecule has 0 spiro atoms. The van der Waals surface area contributed by atoms with Gasteiger partial charge in [-0.1, -0.05) is 77.9 Å². The molecule has 0 saturated heterocycles. The third-order valence-corrected chi connectivity index (χ3v) is 8.74. The van der Waals surface area contributed by atoms with Gasteiger partial charge in [-0.3, -0.25) is 0 Å². The van der Waals surface area contributed by atoms with Crippen LogP contribution in [0.2, 0.25) is 0 Å². The minimum absolute atomic E-state index is 0.0252. The molecule has 28 heavy (non-hydrogen) atoms. The van der Waals surface area contributed by atoms with E-state index in [1.165, 1.54) is 19.3 Å². The molecule has 3 aromatic rings. The molecule has 0 bridgehead atoms. The van der Waals surface area contributed by atoms with Gasteiger partial charge in [-0.15, -0.1) is 0 Å². The Hall–Kier alpha value is -2.21. The lowest BCUT2D eigenvalue weighted by molar-refractivity contribution is 0.304. The van der Waals surface area contributed by atoms with Gasteiger partial charge in [-0.25, -0.2) is 4.39 Å². The number of nitrogens with zero attached hydrogens (tertiary/aromatic N) is 1. The fourth-order valence-corrected chi connectivity index (χ4v) is 6.57. The van der Waals surface area contributed by atoms with Gasteiger partial charge in [0.05, 0.1) is 12.9 Å². The maximum atomic E-state index is 13.5. The van der Waals surface area contributed by atoms with Gasteiger partial charge in [0, 0.05) is 11.1 Å². The Morgan fingerprint density at radius 1 is 0.893 bits per heavy atom. The van der Waals surface area contributed by atoms with Crippen molar-refractivity contribution in [1.29, 1.82) is 0 Å². The van der Waals surface area contributed by atoms with E-state index in [1.54, 1.807) is 0 Å². The molecule has 0 unspecified atom stereocenters. The molecule has 0 amide bonds. The van der Waals surface area contributed by atoms with Crippen molar-refractivity contribution in [2.75, 3.05) is 4.90 Å². The zero-order valence-corrected chi connectivity index (χ0v) is 18.4. The van der Waals surface area contributed by atoms with Crippen LogP contribution in [-0.4, -0.2) is 3.63 Å². The Balaban J connectivity index is 1.73. The molecule has 0 saturated carbocycles. The maximum absolute atomic E-state index is 13.5. The van der Waals surface area contributed by atoms with Crippen molar-refractivity contribution in [3.63, 3.8) is 0 Å². The van der Waals surface area contributed by atoms with E-state index in [2.05, 4.69) is 49.9 Å². The summed E-state index contributed by atoms with van der Waals surface area (Å²) in [5.74, 6) is 0.746. The quantitative estimate of drug-likeness (QED) is 0.373. The first kappa shape index (κ1) is 19.1. The first-order valence-corrected chi connectivity index (χ1v) is 11.5. The summed E-state index contributed by atoms with van der Waals surface area (Å²) in [6.07, 6.45) is 0. The van der Waals surface area contributed by atoms with Crippen LogP contribution in [0.15, 0.2) is 72.8 Å². The average Bonchev–Trinajstić information content (AvgIpc) is 3.08. The average molecular weight is 487 g/mol. The number of fused-ring (bicyclic) bond motifs is 1. The van der Waals surface area contributed by atoms with Gasteiger partial charge < -0.3 is 9.64 Å². The zero-order chi connectivity index (χ0) is 19.7. The number of hydrogen-bond acceptors (Lipinski definition) is 2. The molecule has 4 rings (SSSR count). The van der Waals surface area contributed by atoms with Crippen molar-refractivity contribution in [2.24, 2.45) is 5.41 Å².